The number of halogens is 1. The molecule has 0 bridgehead atoms. The first-order chi connectivity index (χ1) is 8.40. The standard InChI is InChI=1S/C14H14N2S.ClH/c1-2-17-14-9(1)3-13(8-16-14)10-4-11-6-15-7-12(11)5-10;/h1-4,8,11-12,15H,5-7H2;1H. The van der Waals surface area contributed by atoms with Gasteiger partial charge in [0, 0.05) is 18.1 Å². The van der Waals surface area contributed by atoms with Crippen LogP contribution in [0.5, 0.6) is 0 Å². The second-order valence-electron chi connectivity index (χ2n) is 5.02. The molecular weight excluding hydrogens is 264 g/mol. The molecule has 1 saturated heterocycles. The summed E-state index contributed by atoms with van der Waals surface area (Å²) in [4.78, 5) is 5.69. The van der Waals surface area contributed by atoms with Gasteiger partial charge in [-0.3, -0.25) is 0 Å². The van der Waals surface area contributed by atoms with E-state index in [1.54, 1.807) is 11.3 Å². The summed E-state index contributed by atoms with van der Waals surface area (Å²) in [5.41, 5.74) is 2.83. The number of rotatable bonds is 1. The summed E-state index contributed by atoms with van der Waals surface area (Å²) in [6.07, 6.45) is 5.72. The highest BCUT2D eigenvalue weighted by Gasteiger charge is 2.31. The summed E-state index contributed by atoms with van der Waals surface area (Å²) in [5, 5.41) is 6.86. The molecule has 1 fully saturated rings. The van der Waals surface area contributed by atoms with E-state index in [9.17, 15) is 0 Å². The molecular formula is C14H15ClN2S. The van der Waals surface area contributed by atoms with E-state index in [2.05, 4.69) is 33.9 Å². The molecule has 4 rings (SSSR count). The molecule has 3 heterocycles. The predicted octanol–water partition coefficient (Wildman–Crippen LogP) is 3.34. The van der Waals surface area contributed by atoms with Gasteiger partial charge < -0.3 is 5.32 Å². The van der Waals surface area contributed by atoms with E-state index in [-0.39, 0.29) is 12.4 Å². The second kappa shape index (κ2) is 4.65. The summed E-state index contributed by atoms with van der Waals surface area (Å²) in [5.74, 6) is 1.58. The van der Waals surface area contributed by atoms with Crippen molar-refractivity contribution in [2.75, 3.05) is 13.1 Å². The number of hydrogen-bond acceptors (Lipinski definition) is 3. The van der Waals surface area contributed by atoms with E-state index in [1.165, 1.54) is 29.5 Å². The molecule has 0 spiro atoms. The van der Waals surface area contributed by atoms with Gasteiger partial charge in [-0.25, -0.2) is 4.98 Å². The molecule has 2 atom stereocenters. The largest absolute Gasteiger partial charge is 0.316 e. The highest BCUT2D eigenvalue weighted by molar-refractivity contribution is 7.16. The molecule has 18 heavy (non-hydrogen) atoms. The van der Waals surface area contributed by atoms with Crippen molar-refractivity contribution in [2.45, 2.75) is 6.42 Å². The maximum atomic E-state index is 4.54. The molecule has 0 aromatic carbocycles. The Labute approximate surface area is 117 Å². The van der Waals surface area contributed by atoms with Gasteiger partial charge in [0.1, 0.15) is 4.83 Å². The molecule has 0 radical (unpaired) electrons. The Morgan fingerprint density at radius 2 is 2.28 bits per heavy atom. The highest BCUT2D eigenvalue weighted by atomic mass is 35.5. The van der Waals surface area contributed by atoms with E-state index < -0.39 is 0 Å². The van der Waals surface area contributed by atoms with Crippen LogP contribution in [-0.4, -0.2) is 18.1 Å². The van der Waals surface area contributed by atoms with Crippen LogP contribution in [0.1, 0.15) is 12.0 Å². The summed E-state index contributed by atoms with van der Waals surface area (Å²) >= 11 is 1.71. The number of fused-ring (bicyclic) bond motifs is 2. The van der Waals surface area contributed by atoms with E-state index in [0.717, 1.165) is 23.2 Å². The van der Waals surface area contributed by atoms with Crippen molar-refractivity contribution in [2.24, 2.45) is 11.8 Å². The lowest BCUT2D eigenvalue weighted by atomic mass is 9.99. The van der Waals surface area contributed by atoms with Gasteiger partial charge in [-0.2, -0.15) is 0 Å². The van der Waals surface area contributed by atoms with Crippen LogP contribution in [0.25, 0.3) is 15.8 Å². The smallest absolute Gasteiger partial charge is 0.123 e. The van der Waals surface area contributed by atoms with Crippen molar-refractivity contribution in [1.82, 2.24) is 10.3 Å². The summed E-state index contributed by atoms with van der Waals surface area (Å²) in [7, 11) is 0. The van der Waals surface area contributed by atoms with Crippen molar-refractivity contribution >= 4 is 39.5 Å². The van der Waals surface area contributed by atoms with Crippen LogP contribution in [-0.2, 0) is 0 Å². The number of thiophene rings is 1. The van der Waals surface area contributed by atoms with Gasteiger partial charge in [-0.1, -0.05) is 6.08 Å². The minimum Gasteiger partial charge on any atom is -0.316 e. The van der Waals surface area contributed by atoms with Gasteiger partial charge in [-0.05, 0) is 53.5 Å². The minimum atomic E-state index is 0. The molecule has 0 amide bonds. The Morgan fingerprint density at radius 3 is 3.17 bits per heavy atom. The Morgan fingerprint density at radius 1 is 1.33 bits per heavy atom. The monoisotopic (exact) mass is 278 g/mol. The van der Waals surface area contributed by atoms with Gasteiger partial charge in [0.05, 0.1) is 0 Å². The quantitative estimate of drug-likeness (QED) is 0.865. The minimum absolute atomic E-state index is 0. The van der Waals surface area contributed by atoms with E-state index >= 15 is 0 Å². The molecule has 2 unspecified atom stereocenters. The third kappa shape index (κ3) is 1.87. The van der Waals surface area contributed by atoms with Crippen LogP contribution in [0, 0.1) is 11.8 Å². The van der Waals surface area contributed by atoms with Gasteiger partial charge in [0.15, 0.2) is 0 Å². The number of hydrogen-bond donors (Lipinski definition) is 1. The van der Waals surface area contributed by atoms with E-state index in [0.29, 0.717) is 0 Å². The van der Waals surface area contributed by atoms with Crippen LogP contribution < -0.4 is 5.32 Å². The lowest BCUT2D eigenvalue weighted by Crippen LogP contribution is -2.09. The van der Waals surface area contributed by atoms with Crippen molar-refractivity contribution < 1.29 is 0 Å². The lowest BCUT2D eigenvalue weighted by molar-refractivity contribution is 0.536. The molecule has 4 heteroatoms. The number of pyridine rings is 1. The molecule has 2 nitrogen and oxygen atoms in total. The molecule has 2 aliphatic rings. The van der Waals surface area contributed by atoms with Crippen LogP contribution in [0.4, 0.5) is 0 Å². The average molecular weight is 279 g/mol. The third-order valence-electron chi connectivity index (χ3n) is 3.97. The topological polar surface area (TPSA) is 24.9 Å². The zero-order valence-corrected chi connectivity index (χ0v) is 11.6. The van der Waals surface area contributed by atoms with Gasteiger partial charge in [-0.15, -0.1) is 23.7 Å². The van der Waals surface area contributed by atoms with Crippen molar-refractivity contribution in [3.05, 3.63) is 35.3 Å². The first-order valence-corrected chi connectivity index (χ1v) is 7.03. The zero-order valence-electron chi connectivity index (χ0n) is 9.93. The van der Waals surface area contributed by atoms with Crippen molar-refractivity contribution in [1.29, 1.82) is 0 Å². The summed E-state index contributed by atoms with van der Waals surface area (Å²) in [6, 6.07) is 4.45. The Hall–Kier alpha value is -0.900. The Balaban J connectivity index is 0.000001000. The zero-order chi connectivity index (χ0) is 11.2. The maximum Gasteiger partial charge on any atom is 0.123 e. The first kappa shape index (κ1) is 12.2. The molecule has 2 aromatic rings. The predicted molar refractivity (Wildman–Crippen MR) is 79.3 cm³/mol. The van der Waals surface area contributed by atoms with Crippen LogP contribution in [0.3, 0.4) is 0 Å². The van der Waals surface area contributed by atoms with Crippen LogP contribution in [0.2, 0.25) is 0 Å². The molecule has 2 aromatic heterocycles. The molecule has 1 aliphatic heterocycles. The number of nitrogens with one attached hydrogen (secondary N) is 1. The van der Waals surface area contributed by atoms with E-state index in [4.69, 9.17) is 0 Å². The highest BCUT2D eigenvalue weighted by Crippen LogP contribution is 2.38. The molecule has 1 aliphatic carbocycles. The molecule has 0 saturated carbocycles. The first-order valence-electron chi connectivity index (χ1n) is 6.15. The van der Waals surface area contributed by atoms with Crippen LogP contribution in [0.15, 0.2) is 29.8 Å². The Kier molecular flexibility index (Phi) is 3.14. The van der Waals surface area contributed by atoms with Crippen LogP contribution >= 0.6 is 23.7 Å². The third-order valence-corrected chi connectivity index (χ3v) is 4.80. The SMILES string of the molecule is C1=C(c2cnc3sccc3c2)CC2CNCC12.Cl. The fraction of sp³-hybridized carbons (Fsp3) is 0.357. The van der Waals surface area contributed by atoms with Gasteiger partial charge >= 0.3 is 0 Å². The average Bonchev–Trinajstić information content (AvgIpc) is 3.02. The van der Waals surface area contributed by atoms with Gasteiger partial charge in [0.2, 0.25) is 0 Å². The normalized spacial score (nSPS) is 25.9. The summed E-state index contributed by atoms with van der Waals surface area (Å²) in [6.45, 7) is 2.33. The molecule has 94 valence electrons. The number of nitrogens with zero attached hydrogens (tertiary/aromatic N) is 1. The fourth-order valence-corrected chi connectivity index (χ4v) is 3.75. The summed E-state index contributed by atoms with van der Waals surface area (Å²) < 4.78 is 0. The number of allylic oxidation sites excluding steroid dienone is 1. The van der Waals surface area contributed by atoms with Gasteiger partial charge in [0.25, 0.3) is 0 Å². The van der Waals surface area contributed by atoms with Crippen molar-refractivity contribution in [3.63, 3.8) is 0 Å². The maximum absolute atomic E-state index is 4.54. The Bertz CT molecular complexity index is 605. The second-order valence-corrected chi connectivity index (χ2v) is 5.91. The number of aromatic nitrogens is 1. The lowest BCUT2D eigenvalue weighted by Gasteiger charge is -2.06. The fourth-order valence-electron chi connectivity index (χ4n) is 3.03. The van der Waals surface area contributed by atoms with Crippen molar-refractivity contribution in [3.8, 4) is 0 Å². The molecule has 1 N–H and O–H groups in total. The van der Waals surface area contributed by atoms with E-state index in [1.807, 2.05) is 6.20 Å².